The van der Waals surface area contributed by atoms with Crippen molar-refractivity contribution in [2.45, 2.75) is 24.7 Å². The molecule has 1 rings (SSSR count). The van der Waals surface area contributed by atoms with Crippen LogP contribution in [0.5, 0.6) is 0 Å². The second-order valence-electron chi connectivity index (χ2n) is 3.81. The lowest BCUT2D eigenvalue weighted by Crippen LogP contribution is -2.54. The molecule has 0 saturated carbocycles. The third-order valence-electron chi connectivity index (χ3n) is 2.63. The Hall–Kier alpha value is -0.370. The van der Waals surface area contributed by atoms with Gasteiger partial charge in [0.1, 0.15) is 6.04 Å². The summed E-state index contributed by atoms with van der Waals surface area (Å²) >= 11 is 0. The molecule has 7 heteroatoms. The normalized spacial score (nSPS) is 25.7. The van der Waals surface area contributed by atoms with Gasteiger partial charge in [-0.1, -0.05) is 0 Å². The van der Waals surface area contributed by atoms with E-state index in [0.717, 1.165) is 0 Å². The Kier molecular flexibility index (Phi) is 4.97. The number of ether oxygens (including phenoxy) is 1. The first-order valence-corrected chi connectivity index (χ1v) is 5.22. The molecule has 1 fully saturated rings. The first kappa shape index (κ1) is 13.7. The highest BCUT2D eigenvalue weighted by Gasteiger charge is 2.44. The molecule has 0 radical (unpaired) electrons. The molecule has 96 valence electrons. The molecular formula is C9H17F3N2O2. The van der Waals surface area contributed by atoms with Crippen molar-refractivity contribution in [3.63, 3.8) is 0 Å². The molecule has 0 amide bonds. The van der Waals surface area contributed by atoms with Crippen LogP contribution in [-0.4, -0.2) is 61.2 Å². The summed E-state index contributed by atoms with van der Waals surface area (Å²) in [5.74, 6) is 0. The molecule has 1 saturated heterocycles. The molecule has 4 nitrogen and oxygen atoms in total. The minimum absolute atomic E-state index is 0.00861. The maximum absolute atomic E-state index is 12.7. The third kappa shape index (κ3) is 3.58. The first-order valence-electron chi connectivity index (χ1n) is 5.22. The van der Waals surface area contributed by atoms with E-state index in [4.69, 9.17) is 15.6 Å². The molecular weight excluding hydrogens is 225 g/mol. The summed E-state index contributed by atoms with van der Waals surface area (Å²) in [5.41, 5.74) is 5.19. The number of hydrogen-bond donors (Lipinski definition) is 2. The third-order valence-corrected chi connectivity index (χ3v) is 2.63. The van der Waals surface area contributed by atoms with Crippen LogP contribution in [0.15, 0.2) is 0 Å². The number of aliphatic hydroxyl groups is 1. The van der Waals surface area contributed by atoms with Crippen LogP contribution in [-0.2, 0) is 4.74 Å². The van der Waals surface area contributed by atoms with Crippen molar-refractivity contribution in [1.82, 2.24) is 4.90 Å². The van der Waals surface area contributed by atoms with Gasteiger partial charge < -0.3 is 15.6 Å². The lowest BCUT2D eigenvalue weighted by molar-refractivity contribution is -0.200. The topological polar surface area (TPSA) is 58.7 Å². The highest BCUT2D eigenvalue weighted by Crippen LogP contribution is 2.28. The van der Waals surface area contributed by atoms with Crippen LogP contribution in [0.2, 0.25) is 0 Å². The van der Waals surface area contributed by atoms with Gasteiger partial charge in [-0.15, -0.1) is 0 Å². The fraction of sp³-hybridized carbons (Fsp3) is 1.00. The van der Waals surface area contributed by atoms with Crippen LogP contribution in [0.3, 0.4) is 0 Å². The summed E-state index contributed by atoms with van der Waals surface area (Å²) < 4.78 is 43.3. The van der Waals surface area contributed by atoms with E-state index >= 15 is 0 Å². The number of morpholine rings is 1. The zero-order chi connectivity index (χ0) is 12.2. The van der Waals surface area contributed by atoms with Gasteiger partial charge in [-0.25, -0.2) is 0 Å². The van der Waals surface area contributed by atoms with Gasteiger partial charge in [-0.05, 0) is 13.0 Å². The highest BCUT2D eigenvalue weighted by atomic mass is 19.4. The smallest absolute Gasteiger partial charge is 0.394 e. The van der Waals surface area contributed by atoms with Crippen LogP contribution in [0.4, 0.5) is 13.2 Å². The van der Waals surface area contributed by atoms with E-state index in [1.807, 2.05) is 0 Å². The molecule has 0 aliphatic carbocycles. The molecule has 0 aromatic heterocycles. The number of halogens is 3. The molecule has 1 heterocycles. The van der Waals surface area contributed by atoms with Crippen molar-refractivity contribution >= 4 is 0 Å². The summed E-state index contributed by atoms with van der Waals surface area (Å²) in [7, 11) is 0. The Morgan fingerprint density at radius 1 is 1.50 bits per heavy atom. The van der Waals surface area contributed by atoms with E-state index in [-0.39, 0.29) is 39.3 Å². The van der Waals surface area contributed by atoms with Crippen LogP contribution >= 0.6 is 0 Å². The predicted octanol–water partition coefficient (Wildman–Crippen LogP) is -0.0408. The maximum Gasteiger partial charge on any atom is 0.404 e. The van der Waals surface area contributed by atoms with Gasteiger partial charge in [0.2, 0.25) is 0 Å². The molecule has 0 aromatic carbocycles. The monoisotopic (exact) mass is 242 g/mol. The minimum Gasteiger partial charge on any atom is -0.394 e. The van der Waals surface area contributed by atoms with Gasteiger partial charge in [0.15, 0.2) is 0 Å². The molecule has 0 spiro atoms. The van der Waals surface area contributed by atoms with E-state index in [1.54, 1.807) is 0 Å². The molecule has 3 N–H and O–H groups in total. The maximum atomic E-state index is 12.7. The molecule has 1 aliphatic heterocycles. The van der Waals surface area contributed by atoms with Crippen molar-refractivity contribution in [2.75, 3.05) is 32.8 Å². The van der Waals surface area contributed by atoms with Gasteiger partial charge in [-0.3, -0.25) is 4.90 Å². The van der Waals surface area contributed by atoms with Gasteiger partial charge in [0.05, 0.1) is 19.3 Å². The number of aliphatic hydroxyl groups excluding tert-OH is 1. The number of alkyl halides is 3. The van der Waals surface area contributed by atoms with E-state index in [2.05, 4.69) is 0 Å². The van der Waals surface area contributed by atoms with Crippen molar-refractivity contribution in [3.05, 3.63) is 0 Å². The van der Waals surface area contributed by atoms with Gasteiger partial charge in [0, 0.05) is 13.1 Å². The van der Waals surface area contributed by atoms with Gasteiger partial charge in [-0.2, -0.15) is 13.2 Å². The lowest BCUT2D eigenvalue weighted by Gasteiger charge is -2.38. The standard InChI is InChI=1S/C9H17F3N2O2/c10-9(11,12)8(1-2-13)14-3-4-16-7(5-14)6-15/h7-8,15H,1-6,13H2. The van der Waals surface area contributed by atoms with Crippen molar-refractivity contribution < 1.29 is 23.0 Å². The number of nitrogens with two attached hydrogens (primary N) is 1. The summed E-state index contributed by atoms with van der Waals surface area (Å²) in [6, 6.07) is -1.53. The summed E-state index contributed by atoms with van der Waals surface area (Å²) in [6.45, 7) is 0.263. The lowest BCUT2D eigenvalue weighted by atomic mass is 10.1. The molecule has 2 atom stereocenters. The Balaban J connectivity index is 2.63. The molecule has 2 unspecified atom stereocenters. The van der Waals surface area contributed by atoms with Crippen LogP contribution in [0, 0.1) is 0 Å². The summed E-state index contributed by atoms with van der Waals surface area (Å²) in [4.78, 5) is 1.29. The largest absolute Gasteiger partial charge is 0.404 e. The minimum atomic E-state index is -4.28. The number of hydrogen-bond acceptors (Lipinski definition) is 4. The average molecular weight is 242 g/mol. The van der Waals surface area contributed by atoms with E-state index in [1.165, 1.54) is 4.90 Å². The predicted molar refractivity (Wildman–Crippen MR) is 51.9 cm³/mol. The molecule has 16 heavy (non-hydrogen) atoms. The van der Waals surface area contributed by atoms with Crippen LogP contribution in [0.1, 0.15) is 6.42 Å². The Labute approximate surface area is 92.2 Å². The van der Waals surface area contributed by atoms with Crippen LogP contribution in [0.25, 0.3) is 0 Å². The zero-order valence-electron chi connectivity index (χ0n) is 8.91. The van der Waals surface area contributed by atoms with Crippen molar-refractivity contribution in [3.8, 4) is 0 Å². The quantitative estimate of drug-likeness (QED) is 0.726. The summed E-state index contributed by atoms with van der Waals surface area (Å²) in [5, 5.41) is 8.87. The second-order valence-corrected chi connectivity index (χ2v) is 3.81. The van der Waals surface area contributed by atoms with E-state index in [0.29, 0.717) is 0 Å². The SMILES string of the molecule is NCCC(N1CCOC(CO)C1)C(F)(F)F. The zero-order valence-corrected chi connectivity index (χ0v) is 8.91. The van der Waals surface area contributed by atoms with Crippen molar-refractivity contribution in [1.29, 1.82) is 0 Å². The van der Waals surface area contributed by atoms with Gasteiger partial charge >= 0.3 is 6.18 Å². The van der Waals surface area contributed by atoms with Crippen LogP contribution < -0.4 is 5.73 Å². The van der Waals surface area contributed by atoms with Crippen molar-refractivity contribution in [2.24, 2.45) is 5.73 Å². The molecule has 1 aliphatic rings. The fourth-order valence-corrected chi connectivity index (χ4v) is 1.85. The number of nitrogens with zero attached hydrogens (tertiary/aromatic N) is 1. The molecule has 0 bridgehead atoms. The Morgan fingerprint density at radius 2 is 2.19 bits per heavy atom. The van der Waals surface area contributed by atoms with E-state index < -0.39 is 18.3 Å². The fourth-order valence-electron chi connectivity index (χ4n) is 1.85. The van der Waals surface area contributed by atoms with Gasteiger partial charge in [0.25, 0.3) is 0 Å². The summed E-state index contributed by atoms with van der Waals surface area (Å²) in [6.07, 6.45) is -4.94. The second kappa shape index (κ2) is 5.81. The first-order chi connectivity index (χ1) is 7.49. The average Bonchev–Trinajstić information content (AvgIpc) is 2.24. The van der Waals surface area contributed by atoms with E-state index in [9.17, 15) is 13.2 Å². The Bertz CT molecular complexity index is 213. The Morgan fingerprint density at radius 3 is 2.69 bits per heavy atom. The molecule has 0 aromatic rings. The number of rotatable bonds is 4. The highest BCUT2D eigenvalue weighted by molar-refractivity contribution is 4.83.